The standard InChI is InChI=1S/C18H23N7O2/c1-12(9-25-11-19-10-20-25)21-18(26)22-17-16(13(2)23-24(17)3)14-7-5-6-8-15(14)27-4/h5-8,10-12H,9H2,1-4H3,(H2,21,22,26)/t12-/m0/s1. The van der Waals surface area contributed by atoms with Crippen LogP contribution in [0.1, 0.15) is 12.6 Å². The quantitative estimate of drug-likeness (QED) is 0.694. The van der Waals surface area contributed by atoms with E-state index in [9.17, 15) is 4.79 Å². The Hall–Kier alpha value is -3.36. The molecule has 0 radical (unpaired) electrons. The molecule has 1 atom stereocenters. The monoisotopic (exact) mass is 369 g/mol. The highest BCUT2D eigenvalue weighted by molar-refractivity contribution is 5.94. The van der Waals surface area contributed by atoms with Gasteiger partial charge in [0.2, 0.25) is 0 Å². The van der Waals surface area contributed by atoms with Crippen LogP contribution >= 0.6 is 0 Å². The van der Waals surface area contributed by atoms with Gasteiger partial charge in [-0.2, -0.15) is 10.2 Å². The predicted octanol–water partition coefficient (Wildman–Crippen LogP) is 2.21. The summed E-state index contributed by atoms with van der Waals surface area (Å²) in [6.45, 7) is 4.33. The first-order valence-corrected chi connectivity index (χ1v) is 8.56. The molecule has 3 rings (SSSR count). The lowest BCUT2D eigenvalue weighted by Crippen LogP contribution is -2.39. The summed E-state index contributed by atoms with van der Waals surface area (Å²) in [5.41, 5.74) is 2.50. The van der Waals surface area contributed by atoms with Gasteiger partial charge in [0, 0.05) is 18.7 Å². The number of methoxy groups -OCH3 is 1. The second kappa shape index (κ2) is 7.90. The van der Waals surface area contributed by atoms with E-state index in [-0.39, 0.29) is 12.1 Å². The van der Waals surface area contributed by atoms with Crippen LogP contribution in [0.4, 0.5) is 10.6 Å². The Balaban J connectivity index is 1.80. The van der Waals surface area contributed by atoms with E-state index in [1.54, 1.807) is 29.8 Å². The molecule has 0 saturated heterocycles. The number of ether oxygens (including phenoxy) is 1. The maximum atomic E-state index is 12.5. The van der Waals surface area contributed by atoms with Crippen LogP contribution in [-0.2, 0) is 13.6 Å². The van der Waals surface area contributed by atoms with Crippen LogP contribution in [0.15, 0.2) is 36.9 Å². The molecule has 0 unspecified atom stereocenters. The van der Waals surface area contributed by atoms with Crippen molar-refractivity contribution in [1.82, 2.24) is 29.9 Å². The number of urea groups is 1. The topological polar surface area (TPSA) is 98.9 Å². The van der Waals surface area contributed by atoms with Gasteiger partial charge in [-0.1, -0.05) is 18.2 Å². The van der Waals surface area contributed by atoms with Crippen LogP contribution in [-0.4, -0.2) is 43.7 Å². The van der Waals surface area contributed by atoms with E-state index in [1.807, 2.05) is 38.1 Å². The van der Waals surface area contributed by atoms with Crippen LogP contribution in [0.3, 0.4) is 0 Å². The Morgan fingerprint density at radius 1 is 1.33 bits per heavy atom. The zero-order valence-electron chi connectivity index (χ0n) is 15.8. The third-order valence-corrected chi connectivity index (χ3v) is 4.14. The summed E-state index contributed by atoms with van der Waals surface area (Å²) in [6, 6.07) is 7.21. The van der Waals surface area contributed by atoms with Gasteiger partial charge in [-0.15, -0.1) is 0 Å². The molecule has 2 N–H and O–H groups in total. The molecular formula is C18H23N7O2. The SMILES string of the molecule is COc1ccccc1-c1c(C)nn(C)c1NC(=O)N[C@@H](C)Cn1cncn1. The molecule has 142 valence electrons. The van der Waals surface area contributed by atoms with Crippen molar-refractivity contribution in [3.05, 3.63) is 42.6 Å². The number of nitrogens with one attached hydrogen (secondary N) is 2. The van der Waals surface area contributed by atoms with Gasteiger partial charge in [-0.25, -0.2) is 9.78 Å². The number of amides is 2. The summed E-state index contributed by atoms with van der Waals surface area (Å²) in [4.78, 5) is 16.4. The van der Waals surface area contributed by atoms with Crippen molar-refractivity contribution >= 4 is 11.8 Å². The molecule has 0 saturated carbocycles. The third-order valence-electron chi connectivity index (χ3n) is 4.14. The van der Waals surface area contributed by atoms with E-state index in [0.717, 1.165) is 22.6 Å². The second-order valence-corrected chi connectivity index (χ2v) is 6.25. The van der Waals surface area contributed by atoms with Gasteiger partial charge in [-0.3, -0.25) is 14.7 Å². The van der Waals surface area contributed by atoms with Crippen molar-refractivity contribution in [3.63, 3.8) is 0 Å². The average Bonchev–Trinajstić information content (AvgIpc) is 3.23. The van der Waals surface area contributed by atoms with Gasteiger partial charge in [0.15, 0.2) is 0 Å². The molecule has 0 aliphatic rings. The molecule has 0 spiro atoms. The number of carbonyl (C=O) groups excluding carboxylic acids is 1. The first-order valence-electron chi connectivity index (χ1n) is 8.56. The molecule has 2 heterocycles. The normalized spacial score (nSPS) is 11.9. The van der Waals surface area contributed by atoms with Crippen molar-refractivity contribution in [2.24, 2.45) is 7.05 Å². The van der Waals surface area contributed by atoms with E-state index in [2.05, 4.69) is 25.8 Å². The molecule has 9 nitrogen and oxygen atoms in total. The fourth-order valence-corrected chi connectivity index (χ4v) is 3.00. The Morgan fingerprint density at radius 3 is 2.81 bits per heavy atom. The summed E-state index contributed by atoms with van der Waals surface area (Å²) >= 11 is 0. The number of aryl methyl sites for hydroxylation is 2. The maximum Gasteiger partial charge on any atom is 0.320 e. The first-order chi connectivity index (χ1) is 13.0. The molecule has 2 aromatic heterocycles. The van der Waals surface area contributed by atoms with E-state index < -0.39 is 0 Å². The minimum Gasteiger partial charge on any atom is -0.496 e. The van der Waals surface area contributed by atoms with E-state index in [1.165, 1.54) is 6.33 Å². The fourth-order valence-electron chi connectivity index (χ4n) is 3.00. The number of para-hydroxylation sites is 1. The molecule has 0 aliphatic heterocycles. The van der Waals surface area contributed by atoms with Crippen LogP contribution in [0.2, 0.25) is 0 Å². The van der Waals surface area contributed by atoms with Crippen molar-refractivity contribution in [3.8, 4) is 16.9 Å². The Morgan fingerprint density at radius 2 is 2.11 bits per heavy atom. The molecule has 0 fully saturated rings. The highest BCUT2D eigenvalue weighted by Crippen LogP contribution is 2.36. The van der Waals surface area contributed by atoms with Crippen LogP contribution in [0.25, 0.3) is 11.1 Å². The molecule has 0 bridgehead atoms. The number of hydrogen-bond donors (Lipinski definition) is 2. The zero-order chi connectivity index (χ0) is 19.4. The van der Waals surface area contributed by atoms with Gasteiger partial charge in [0.1, 0.15) is 24.2 Å². The second-order valence-electron chi connectivity index (χ2n) is 6.25. The summed E-state index contributed by atoms with van der Waals surface area (Å²) in [7, 11) is 3.41. The predicted molar refractivity (Wildman–Crippen MR) is 102 cm³/mol. The molecule has 0 aliphatic carbocycles. The minimum absolute atomic E-state index is 0.129. The minimum atomic E-state index is -0.318. The number of nitrogens with zero attached hydrogens (tertiary/aromatic N) is 5. The van der Waals surface area contributed by atoms with Crippen molar-refractivity contribution < 1.29 is 9.53 Å². The van der Waals surface area contributed by atoms with Crippen LogP contribution in [0.5, 0.6) is 5.75 Å². The van der Waals surface area contributed by atoms with Gasteiger partial charge in [0.25, 0.3) is 0 Å². The number of rotatable bonds is 6. The summed E-state index contributed by atoms with van der Waals surface area (Å²) < 4.78 is 8.78. The summed E-state index contributed by atoms with van der Waals surface area (Å²) in [5, 5.41) is 14.3. The lowest BCUT2D eigenvalue weighted by atomic mass is 10.0. The van der Waals surface area contributed by atoms with Crippen LogP contribution in [0, 0.1) is 6.92 Å². The Kier molecular flexibility index (Phi) is 5.39. The molecule has 2 amide bonds. The Bertz CT molecular complexity index is 918. The van der Waals surface area contributed by atoms with Crippen LogP contribution < -0.4 is 15.4 Å². The highest BCUT2D eigenvalue weighted by atomic mass is 16.5. The van der Waals surface area contributed by atoms with Gasteiger partial charge < -0.3 is 10.1 Å². The van der Waals surface area contributed by atoms with E-state index in [4.69, 9.17) is 4.74 Å². The lowest BCUT2D eigenvalue weighted by Gasteiger charge is -2.16. The average molecular weight is 369 g/mol. The van der Waals surface area contributed by atoms with Gasteiger partial charge >= 0.3 is 6.03 Å². The fraction of sp³-hybridized carbons (Fsp3) is 0.333. The van der Waals surface area contributed by atoms with Gasteiger partial charge in [0.05, 0.1) is 24.9 Å². The number of benzene rings is 1. The number of hydrogen-bond acceptors (Lipinski definition) is 5. The maximum absolute atomic E-state index is 12.5. The highest BCUT2D eigenvalue weighted by Gasteiger charge is 2.20. The van der Waals surface area contributed by atoms with Crippen molar-refractivity contribution in [2.75, 3.05) is 12.4 Å². The van der Waals surface area contributed by atoms with Crippen molar-refractivity contribution in [2.45, 2.75) is 26.4 Å². The zero-order valence-corrected chi connectivity index (χ0v) is 15.8. The van der Waals surface area contributed by atoms with E-state index >= 15 is 0 Å². The summed E-state index contributed by atoms with van der Waals surface area (Å²) in [5.74, 6) is 1.32. The largest absolute Gasteiger partial charge is 0.496 e. The molecule has 1 aromatic carbocycles. The Labute approximate surface area is 157 Å². The van der Waals surface area contributed by atoms with Crippen molar-refractivity contribution in [1.29, 1.82) is 0 Å². The molecule has 3 aromatic rings. The number of anilines is 1. The molecule has 9 heteroatoms. The third kappa shape index (κ3) is 4.08. The lowest BCUT2D eigenvalue weighted by molar-refractivity contribution is 0.247. The molecule has 27 heavy (non-hydrogen) atoms. The van der Waals surface area contributed by atoms with E-state index in [0.29, 0.717) is 12.4 Å². The summed E-state index contributed by atoms with van der Waals surface area (Å²) in [6.07, 6.45) is 3.07. The number of carbonyl (C=O) groups is 1. The first kappa shape index (κ1) is 18.4. The smallest absolute Gasteiger partial charge is 0.320 e. The number of aromatic nitrogens is 5. The van der Waals surface area contributed by atoms with Gasteiger partial charge in [-0.05, 0) is 19.9 Å². The molecular weight excluding hydrogens is 346 g/mol.